The molecule has 90 valence electrons. The van der Waals surface area contributed by atoms with E-state index in [1.54, 1.807) is 6.07 Å². The van der Waals surface area contributed by atoms with Crippen molar-refractivity contribution in [2.24, 2.45) is 0 Å². The second-order valence-corrected chi connectivity index (χ2v) is 4.39. The third-order valence-electron chi connectivity index (χ3n) is 3.13. The zero-order chi connectivity index (χ0) is 12.1. The van der Waals surface area contributed by atoms with Crippen molar-refractivity contribution in [2.75, 3.05) is 37.2 Å². The van der Waals surface area contributed by atoms with Gasteiger partial charge in [-0.3, -0.25) is 0 Å². The third kappa shape index (κ3) is 3.11. The summed E-state index contributed by atoms with van der Waals surface area (Å²) >= 11 is 0. The Kier molecular flexibility index (Phi) is 3.84. The summed E-state index contributed by atoms with van der Waals surface area (Å²) in [5.41, 5.74) is 7.82. The first-order chi connectivity index (χ1) is 8.29. The Morgan fingerprint density at radius 1 is 1.35 bits per heavy atom. The van der Waals surface area contributed by atoms with Crippen LogP contribution in [0.15, 0.2) is 18.2 Å². The van der Waals surface area contributed by atoms with Crippen molar-refractivity contribution in [1.82, 2.24) is 4.90 Å². The Hall–Kier alpha value is -1.73. The second kappa shape index (κ2) is 5.55. The van der Waals surface area contributed by atoms with Crippen LogP contribution in [0.2, 0.25) is 0 Å². The first-order valence-electron chi connectivity index (χ1n) is 6.05. The molecular formula is C13H18N4. The lowest BCUT2D eigenvalue weighted by Crippen LogP contribution is -2.25. The monoisotopic (exact) mass is 230 g/mol. The molecule has 0 atom stereocenters. The van der Waals surface area contributed by atoms with Crippen molar-refractivity contribution in [3.05, 3.63) is 23.8 Å². The summed E-state index contributed by atoms with van der Waals surface area (Å²) in [6.07, 6.45) is 2.65. The van der Waals surface area contributed by atoms with Crippen molar-refractivity contribution in [3.8, 4) is 6.07 Å². The summed E-state index contributed by atoms with van der Waals surface area (Å²) in [4.78, 5) is 2.46. The van der Waals surface area contributed by atoms with Crippen LogP contribution in [0.5, 0.6) is 0 Å². The highest BCUT2D eigenvalue weighted by molar-refractivity contribution is 5.62. The molecule has 1 fully saturated rings. The van der Waals surface area contributed by atoms with Crippen molar-refractivity contribution in [2.45, 2.75) is 12.8 Å². The smallest absolute Gasteiger partial charge is 0.101 e. The molecule has 1 aromatic rings. The van der Waals surface area contributed by atoms with Gasteiger partial charge in [0.05, 0.1) is 11.3 Å². The number of nitrogen functional groups attached to an aromatic ring is 1. The van der Waals surface area contributed by atoms with E-state index in [1.807, 2.05) is 12.1 Å². The van der Waals surface area contributed by atoms with Crippen LogP contribution < -0.4 is 11.1 Å². The van der Waals surface area contributed by atoms with E-state index in [0.29, 0.717) is 11.3 Å². The van der Waals surface area contributed by atoms with Gasteiger partial charge < -0.3 is 16.0 Å². The molecular weight excluding hydrogens is 212 g/mol. The van der Waals surface area contributed by atoms with Crippen molar-refractivity contribution >= 4 is 11.4 Å². The molecule has 1 aliphatic heterocycles. The Morgan fingerprint density at radius 3 is 2.76 bits per heavy atom. The predicted molar refractivity (Wildman–Crippen MR) is 69.7 cm³/mol. The zero-order valence-electron chi connectivity index (χ0n) is 9.95. The molecule has 0 amide bonds. The number of nitriles is 1. The van der Waals surface area contributed by atoms with E-state index in [9.17, 15) is 0 Å². The Bertz CT molecular complexity index is 416. The molecule has 2 rings (SSSR count). The van der Waals surface area contributed by atoms with E-state index >= 15 is 0 Å². The lowest BCUT2D eigenvalue weighted by Gasteiger charge is -2.15. The summed E-state index contributed by atoms with van der Waals surface area (Å²) in [6.45, 7) is 4.43. The van der Waals surface area contributed by atoms with E-state index < -0.39 is 0 Å². The first kappa shape index (κ1) is 11.7. The SMILES string of the molecule is N#Cc1ccc(NCCN2CCCC2)cc1N. The summed E-state index contributed by atoms with van der Waals surface area (Å²) in [7, 11) is 0. The van der Waals surface area contributed by atoms with Crippen LogP contribution in [0.3, 0.4) is 0 Å². The fraction of sp³-hybridized carbons (Fsp3) is 0.462. The van der Waals surface area contributed by atoms with Crippen LogP contribution in [0.4, 0.5) is 11.4 Å². The third-order valence-corrected chi connectivity index (χ3v) is 3.13. The van der Waals surface area contributed by atoms with Crippen LogP contribution in [0, 0.1) is 11.3 Å². The van der Waals surface area contributed by atoms with E-state index in [4.69, 9.17) is 11.0 Å². The lowest BCUT2D eigenvalue weighted by molar-refractivity contribution is 0.352. The van der Waals surface area contributed by atoms with E-state index in [2.05, 4.69) is 16.3 Å². The molecule has 0 saturated carbocycles. The maximum Gasteiger partial charge on any atom is 0.101 e. The highest BCUT2D eigenvalue weighted by Gasteiger charge is 2.10. The Morgan fingerprint density at radius 2 is 2.12 bits per heavy atom. The topological polar surface area (TPSA) is 65.1 Å². The molecule has 1 saturated heterocycles. The number of nitrogens with two attached hydrogens (primary N) is 1. The fourth-order valence-corrected chi connectivity index (χ4v) is 2.14. The number of anilines is 2. The minimum Gasteiger partial charge on any atom is -0.398 e. The highest BCUT2D eigenvalue weighted by atomic mass is 15.1. The molecule has 1 heterocycles. The van der Waals surface area contributed by atoms with Gasteiger partial charge in [0.1, 0.15) is 6.07 Å². The van der Waals surface area contributed by atoms with Gasteiger partial charge in [-0.05, 0) is 44.1 Å². The fourth-order valence-electron chi connectivity index (χ4n) is 2.14. The van der Waals surface area contributed by atoms with Crippen LogP contribution in [-0.2, 0) is 0 Å². The van der Waals surface area contributed by atoms with Crippen LogP contribution >= 0.6 is 0 Å². The number of hydrogen-bond acceptors (Lipinski definition) is 4. The van der Waals surface area contributed by atoms with Gasteiger partial charge in [0.15, 0.2) is 0 Å². The molecule has 1 aromatic carbocycles. The van der Waals surface area contributed by atoms with Crippen molar-refractivity contribution < 1.29 is 0 Å². The van der Waals surface area contributed by atoms with Crippen LogP contribution in [0.1, 0.15) is 18.4 Å². The molecule has 0 bridgehead atoms. The average Bonchev–Trinajstić information content (AvgIpc) is 2.82. The van der Waals surface area contributed by atoms with Gasteiger partial charge in [0.25, 0.3) is 0 Å². The molecule has 17 heavy (non-hydrogen) atoms. The molecule has 0 aromatic heterocycles. The number of nitrogens with zero attached hydrogens (tertiary/aromatic N) is 2. The normalized spacial score (nSPS) is 15.7. The molecule has 3 N–H and O–H groups in total. The van der Waals surface area contributed by atoms with Gasteiger partial charge in [-0.25, -0.2) is 0 Å². The van der Waals surface area contributed by atoms with Gasteiger partial charge in [-0.2, -0.15) is 5.26 Å². The second-order valence-electron chi connectivity index (χ2n) is 4.39. The molecule has 0 spiro atoms. The Labute approximate surface area is 102 Å². The predicted octanol–water partition coefficient (Wildman–Crippen LogP) is 1.65. The summed E-state index contributed by atoms with van der Waals surface area (Å²) in [6, 6.07) is 7.54. The molecule has 1 aliphatic rings. The van der Waals surface area contributed by atoms with Gasteiger partial charge >= 0.3 is 0 Å². The quantitative estimate of drug-likeness (QED) is 0.772. The van der Waals surface area contributed by atoms with Crippen molar-refractivity contribution in [1.29, 1.82) is 5.26 Å². The standard InChI is InChI=1S/C13H18N4/c14-10-11-3-4-12(9-13(11)15)16-5-8-17-6-1-2-7-17/h3-4,9,16H,1-2,5-8,15H2. The molecule has 0 aliphatic carbocycles. The lowest BCUT2D eigenvalue weighted by atomic mass is 10.2. The minimum absolute atomic E-state index is 0.537. The summed E-state index contributed by atoms with van der Waals surface area (Å²) < 4.78 is 0. The molecule has 4 nitrogen and oxygen atoms in total. The van der Waals surface area contributed by atoms with Gasteiger partial charge in [0.2, 0.25) is 0 Å². The van der Waals surface area contributed by atoms with E-state index in [0.717, 1.165) is 18.8 Å². The average molecular weight is 230 g/mol. The van der Waals surface area contributed by atoms with Gasteiger partial charge in [-0.1, -0.05) is 0 Å². The first-order valence-corrected chi connectivity index (χ1v) is 6.05. The van der Waals surface area contributed by atoms with E-state index in [1.165, 1.54) is 25.9 Å². The van der Waals surface area contributed by atoms with E-state index in [-0.39, 0.29) is 0 Å². The number of rotatable bonds is 4. The number of likely N-dealkylation sites (tertiary alicyclic amines) is 1. The summed E-state index contributed by atoms with van der Waals surface area (Å²) in [5.74, 6) is 0. The van der Waals surface area contributed by atoms with Crippen LogP contribution in [-0.4, -0.2) is 31.1 Å². The zero-order valence-corrected chi connectivity index (χ0v) is 9.95. The Balaban J connectivity index is 1.82. The largest absolute Gasteiger partial charge is 0.398 e. The van der Waals surface area contributed by atoms with Gasteiger partial charge in [-0.15, -0.1) is 0 Å². The van der Waals surface area contributed by atoms with Crippen molar-refractivity contribution in [3.63, 3.8) is 0 Å². The molecule has 0 radical (unpaired) electrons. The van der Waals surface area contributed by atoms with Gasteiger partial charge in [0, 0.05) is 18.8 Å². The molecule has 0 unspecified atom stereocenters. The maximum absolute atomic E-state index is 8.77. The number of hydrogen-bond donors (Lipinski definition) is 2. The number of nitrogens with one attached hydrogen (secondary N) is 1. The highest BCUT2D eigenvalue weighted by Crippen LogP contribution is 2.17. The minimum atomic E-state index is 0.537. The summed E-state index contributed by atoms with van der Waals surface area (Å²) in [5, 5.41) is 12.1. The van der Waals surface area contributed by atoms with Crippen LogP contribution in [0.25, 0.3) is 0 Å². The number of benzene rings is 1. The molecule has 4 heteroatoms. The maximum atomic E-state index is 8.77.